The number of ether oxygens (including phenoxy) is 1. The number of carbonyl (C=O) groups is 1. The molecule has 1 N–H and O–H groups in total. The van der Waals surface area contributed by atoms with Crippen LogP contribution in [0.1, 0.15) is 38.1 Å². The number of thiazole rings is 1. The van der Waals surface area contributed by atoms with Gasteiger partial charge in [-0.2, -0.15) is 4.39 Å². The van der Waals surface area contributed by atoms with Gasteiger partial charge in [0.1, 0.15) is 6.04 Å². The van der Waals surface area contributed by atoms with Crippen molar-refractivity contribution in [2.24, 2.45) is 5.92 Å². The van der Waals surface area contributed by atoms with Gasteiger partial charge in [0.15, 0.2) is 20.1 Å². The maximum absolute atomic E-state index is 13.3. The van der Waals surface area contributed by atoms with Gasteiger partial charge in [-0.3, -0.25) is 9.59 Å². The van der Waals surface area contributed by atoms with E-state index in [2.05, 4.69) is 10.3 Å². The average molecular weight is 490 g/mol. The predicted octanol–water partition coefficient (Wildman–Crippen LogP) is 3.03. The maximum atomic E-state index is 13.3. The summed E-state index contributed by atoms with van der Waals surface area (Å²) in [5, 5.41) is 1.46. The smallest absolute Gasteiger partial charge is 0.252 e. The number of nitrogens with one attached hydrogen (secondary N) is 1. The lowest BCUT2D eigenvalue weighted by Gasteiger charge is -2.27. The van der Waals surface area contributed by atoms with Crippen molar-refractivity contribution in [3.63, 3.8) is 0 Å². The SMILES string of the molecule is O=C(Nc1ncc(F)s1)[C@@H](CC1CCOCC1)n1cc(Cl)c(S(=O)(=O)C2CC2)cc1=O. The van der Waals surface area contributed by atoms with Crippen LogP contribution in [0.25, 0.3) is 0 Å². The monoisotopic (exact) mass is 489 g/mol. The fourth-order valence-electron chi connectivity index (χ4n) is 3.67. The number of pyridine rings is 1. The highest BCUT2D eigenvalue weighted by atomic mass is 35.5. The molecule has 12 heteroatoms. The second-order valence-electron chi connectivity index (χ2n) is 7.74. The van der Waals surface area contributed by atoms with Crippen LogP contribution in [-0.2, 0) is 19.4 Å². The van der Waals surface area contributed by atoms with Gasteiger partial charge >= 0.3 is 0 Å². The lowest BCUT2D eigenvalue weighted by molar-refractivity contribution is -0.120. The molecule has 0 bridgehead atoms. The Hall–Kier alpha value is -1.82. The summed E-state index contributed by atoms with van der Waals surface area (Å²) in [5.41, 5.74) is -0.638. The molecule has 1 aliphatic carbocycles. The number of amides is 1. The van der Waals surface area contributed by atoms with Crippen LogP contribution >= 0.6 is 22.9 Å². The summed E-state index contributed by atoms with van der Waals surface area (Å²) in [6, 6.07) is 0.0290. The summed E-state index contributed by atoms with van der Waals surface area (Å²) >= 11 is 6.94. The number of anilines is 1. The first-order valence-electron chi connectivity index (χ1n) is 9.91. The molecule has 1 amide bonds. The molecule has 8 nitrogen and oxygen atoms in total. The Kier molecular flexibility index (Phi) is 6.47. The van der Waals surface area contributed by atoms with Crippen molar-refractivity contribution in [2.75, 3.05) is 18.5 Å². The minimum absolute atomic E-state index is 0.0755. The topological polar surface area (TPSA) is 107 Å². The minimum atomic E-state index is -3.67. The highest BCUT2D eigenvalue weighted by Gasteiger charge is 2.39. The number of hydrogen-bond acceptors (Lipinski definition) is 7. The zero-order valence-corrected chi connectivity index (χ0v) is 18.8. The zero-order valence-electron chi connectivity index (χ0n) is 16.4. The van der Waals surface area contributed by atoms with E-state index in [9.17, 15) is 22.4 Å². The van der Waals surface area contributed by atoms with Crippen LogP contribution < -0.4 is 10.9 Å². The number of nitrogens with zero attached hydrogens (tertiary/aromatic N) is 2. The Labute approximate surface area is 187 Å². The predicted molar refractivity (Wildman–Crippen MR) is 114 cm³/mol. The number of hydrogen-bond donors (Lipinski definition) is 1. The van der Waals surface area contributed by atoms with Crippen molar-refractivity contribution in [2.45, 2.75) is 48.3 Å². The maximum Gasteiger partial charge on any atom is 0.252 e. The fourth-order valence-corrected chi connectivity index (χ4v) is 6.41. The Balaban J connectivity index is 1.67. The van der Waals surface area contributed by atoms with Gasteiger partial charge in [0.05, 0.1) is 21.4 Å². The molecular weight excluding hydrogens is 469 g/mol. The van der Waals surface area contributed by atoms with Crippen LogP contribution in [0, 0.1) is 11.0 Å². The lowest BCUT2D eigenvalue weighted by atomic mass is 9.92. The Bertz CT molecular complexity index is 1140. The Morgan fingerprint density at radius 1 is 1.35 bits per heavy atom. The molecule has 1 saturated carbocycles. The van der Waals surface area contributed by atoms with Crippen molar-refractivity contribution in [1.82, 2.24) is 9.55 Å². The lowest BCUT2D eigenvalue weighted by Crippen LogP contribution is -2.35. The third-order valence-corrected chi connectivity index (χ3v) is 8.92. The molecule has 1 aliphatic heterocycles. The normalized spacial score (nSPS) is 18.6. The quantitative estimate of drug-likeness (QED) is 0.640. The molecule has 4 rings (SSSR count). The molecular formula is C19H21ClFN3O5S2. The molecule has 31 heavy (non-hydrogen) atoms. The van der Waals surface area contributed by atoms with E-state index in [4.69, 9.17) is 16.3 Å². The molecule has 1 atom stereocenters. The summed E-state index contributed by atoms with van der Waals surface area (Å²) in [5.74, 6) is -0.421. The van der Waals surface area contributed by atoms with Crippen molar-refractivity contribution in [1.29, 1.82) is 0 Å². The largest absolute Gasteiger partial charge is 0.381 e. The summed E-state index contributed by atoms with van der Waals surface area (Å²) in [4.78, 5) is 29.5. The van der Waals surface area contributed by atoms with Crippen molar-refractivity contribution in [3.05, 3.63) is 39.0 Å². The number of sulfone groups is 1. The third kappa shape index (κ3) is 5.00. The van der Waals surface area contributed by atoms with E-state index in [1.165, 1.54) is 6.20 Å². The van der Waals surface area contributed by atoms with E-state index >= 15 is 0 Å². The number of carbonyl (C=O) groups excluding carboxylic acids is 1. The zero-order chi connectivity index (χ0) is 22.2. The van der Waals surface area contributed by atoms with E-state index < -0.39 is 37.7 Å². The standard InChI is InChI=1S/C19H21ClFN3O5S2/c20-13-10-24(17(25)8-15(13)31(27,28)12-1-2-12)14(7-11-3-5-29-6-4-11)18(26)23-19-22-9-16(21)30-19/h8-12,14H,1-7H2,(H,22,23,26)/t14-/m1/s1. The first-order valence-corrected chi connectivity index (χ1v) is 12.7. The average Bonchev–Trinajstić information content (AvgIpc) is 3.52. The molecule has 2 aliphatic rings. The summed E-state index contributed by atoms with van der Waals surface area (Å²) in [6.45, 7) is 1.12. The summed E-state index contributed by atoms with van der Waals surface area (Å²) in [6.07, 6.45) is 5.08. The second-order valence-corrected chi connectivity index (χ2v) is 11.3. The van der Waals surface area contributed by atoms with Gasteiger partial charge < -0.3 is 14.6 Å². The van der Waals surface area contributed by atoms with Crippen LogP contribution in [0.2, 0.25) is 5.02 Å². The van der Waals surface area contributed by atoms with Crippen LogP contribution in [0.3, 0.4) is 0 Å². The first-order chi connectivity index (χ1) is 14.8. The van der Waals surface area contributed by atoms with E-state index in [-0.39, 0.29) is 21.0 Å². The number of aromatic nitrogens is 2. The molecule has 2 aromatic rings. The Morgan fingerprint density at radius 3 is 2.68 bits per heavy atom. The van der Waals surface area contributed by atoms with Crippen LogP contribution in [0.15, 0.2) is 28.2 Å². The molecule has 2 fully saturated rings. The molecule has 0 unspecified atom stereocenters. The second kappa shape index (κ2) is 8.97. The van der Waals surface area contributed by atoms with Crippen LogP contribution in [0.5, 0.6) is 0 Å². The van der Waals surface area contributed by atoms with Gasteiger partial charge in [0.25, 0.3) is 5.56 Å². The van der Waals surface area contributed by atoms with E-state index in [0.717, 1.165) is 29.7 Å². The molecule has 0 aromatic carbocycles. The molecule has 1 saturated heterocycles. The third-order valence-electron chi connectivity index (χ3n) is 5.51. The van der Waals surface area contributed by atoms with Crippen molar-refractivity contribution >= 4 is 43.8 Å². The highest BCUT2D eigenvalue weighted by Crippen LogP contribution is 2.36. The Morgan fingerprint density at radius 2 is 2.06 bits per heavy atom. The highest BCUT2D eigenvalue weighted by molar-refractivity contribution is 7.92. The van der Waals surface area contributed by atoms with Gasteiger partial charge in [-0.1, -0.05) is 22.9 Å². The van der Waals surface area contributed by atoms with Crippen LogP contribution in [0.4, 0.5) is 9.52 Å². The molecule has 168 valence electrons. The van der Waals surface area contributed by atoms with E-state index in [0.29, 0.717) is 43.8 Å². The van der Waals surface area contributed by atoms with Gasteiger partial charge in [-0.15, -0.1) is 0 Å². The van der Waals surface area contributed by atoms with Crippen LogP contribution in [-0.4, -0.2) is 42.3 Å². The number of rotatable bonds is 7. The van der Waals surface area contributed by atoms with Gasteiger partial charge in [-0.25, -0.2) is 13.4 Å². The van der Waals surface area contributed by atoms with E-state index in [1.54, 1.807) is 0 Å². The first kappa shape index (κ1) is 22.4. The minimum Gasteiger partial charge on any atom is -0.381 e. The van der Waals surface area contributed by atoms with Crippen molar-refractivity contribution in [3.8, 4) is 0 Å². The molecule has 2 aromatic heterocycles. The van der Waals surface area contributed by atoms with Gasteiger partial charge in [0, 0.05) is 25.5 Å². The molecule has 3 heterocycles. The summed E-state index contributed by atoms with van der Waals surface area (Å²) < 4.78 is 44.9. The number of halogens is 2. The van der Waals surface area contributed by atoms with E-state index in [1.807, 2.05) is 0 Å². The van der Waals surface area contributed by atoms with Crippen molar-refractivity contribution < 1.29 is 22.3 Å². The molecule has 0 radical (unpaired) electrons. The van der Waals surface area contributed by atoms with Gasteiger partial charge in [-0.05, 0) is 38.0 Å². The summed E-state index contributed by atoms with van der Waals surface area (Å²) in [7, 11) is -3.67. The van der Waals surface area contributed by atoms with Gasteiger partial charge in [0.2, 0.25) is 5.91 Å². The fraction of sp³-hybridized carbons (Fsp3) is 0.526. The molecule has 0 spiro atoms.